The quantitative estimate of drug-likeness (QED) is 0.629. The summed E-state index contributed by atoms with van der Waals surface area (Å²) < 4.78 is 71.3. The smallest absolute Gasteiger partial charge is 0.264 e. The van der Waals surface area contributed by atoms with Crippen LogP contribution in [0.4, 0.5) is 5.69 Å². The molecule has 1 aromatic carbocycles. The van der Waals surface area contributed by atoms with Crippen molar-refractivity contribution in [3.63, 3.8) is 0 Å². The maximum atomic E-state index is 13.3. The number of carbonyl (C=O) groups excluding carboxylic acids is 2. The first-order valence-corrected chi connectivity index (χ1v) is 5.88. The second-order valence-electron chi connectivity index (χ2n) is 4.35. The van der Waals surface area contributed by atoms with Gasteiger partial charge in [0.1, 0.15) is 11.6 Å². The highest BCUT2D eigenvalue weighted by atomic mass is 16.2. The van der Waals surface area contributed by atoms with E-state index in [1.807, 2.05) is 0 Å². The maximum absolute atomic E-state index is 13.3. The van der Waals surface area contributed by atoms with Gasteiger partial charge in [-0.05, 0) is 25.3 Å². The van der Waals surface area contributed by atoms with E-state index in [0.29, 0.717) is 0 Å². The Morgan fingerprint density at radius 3 is 3.10 bits per heavy atom. The minimum atomic E-state index is -3.32. The lowest BCUT2D eigenvalue weighted by Crippen LogP contribution is -2.36. The molecule has 0 amide bonds. The zero-order chi connectivity index (χ0) is 23.0. The Morgan fingerprint density at radius 2 is 2.33 bits per heavy atom. The first-order valence-electron chi connectivity index (χ1n) is 10.5. The molecule has 2 unspecified atom stereocenters. The highest BCUT2D eigenvalue weighted by molar-refractivity contribution is 6.03. The van der Waals surface area contributed by atoms with Crippen LogP contribution < -0.4 is 11.3 Å². The Labute approximate surface area is 133 Å². The van der Waals surface area contributed by atoms with Crippen molar-refractivity contribution in [2.75, 3.05) is 5.73 Å². The van der Waals surface area contributed by atoms with Crippen LogP contribution >= 0.6 is 0 Å². The topological polar surface area (TPSA) is 95.0 Å². The van der Waals surface area contributed by atoms with Crippen LogP contribution in [-0.2, 0) is 9.59 Å². The molecule has 108 valence electrons. The molecule has 0 bridgehead atoms. The van der Waals surface area contributed by atoms with Crippen LogP contribution in [0.25, 0.3) is 10.9 Å². The van der Waals surface area contributed by atoms with Gasteiger partial charge in [0, 0.05) is 20.3 Å². The van der Waals surface area contributed by atoms with Gasteiger partial charge in [-0.2, -0.15) is 0 Å². The molecule has 21 heavy (non-hydrogen) atoms. The molecule has 6 nitrogen and oxygen atoms in total. The number of benzene rings is 1. The predicted molar refractivity (Wildman–Crippen MR) is 78.1 cm³/mol. The van der Waals surface area contributed by atoms with E-state index in [4.69, 9.17) is 18.1 Å². The summed E-state index contributed by atoms with van der Waals surface area (Å²) in [6.45, 7) is -3.24. The number of Topliss-reactive ketones (excluding diaryl/α,β-unsaturated/α-hetero) is 2. The highest BCUT2D eigenvalue weighted by Gasteiger charge is 2.30. The summed E-state index contributed by atoms with van der Waals surface area (Å²) in [4.78, 5) is 41.5. The molecule has 1 saturated carbocycles. The van der Waals surface area contributed by atoms with Gasteiger partial charge in [-0.3, -0.25) is 19.0 Å². The van der Waals surface area contributed by atoms with Crippen molar-refractivity contribution in [2.45, 2.75) is 32.1 Å². The summed E-state index contributed by atoms with van der Waals surface area (Å²) in [5, 5.41) is -0.630. The summed E-state index contributed by atoms with van der Waals surface area (Å²) in [5.41, 5.74) is 3.31. The summed E-state index contributed by atoms with van der Waals surface area (Å²) in [6.07, 6.45) is -6.60. The average Bonchev–Trinajstić information content (AvgIpc) is 2.62. The van der Waals surface area contributed by atoms with Crippen LogP contribution in [0, 0.1) is 6.85 Å². The van der Waals surface area contributed by atoms with Gasteiger partial charge in [-0.15, -0.1) is 0 Å². The zero-order valence-electron chi connectivity index (χ0n) is 19.6. The molecule has 1 aromatic heterocycles. The van der Waals surface area contributed by atoms with Gasteiger partial charge < -0.3 is 5.73 Å². The van der Waals surface area contributed by atoms with Gasteiger partial charge in [-0.1, -0.05) is 6.07 Å². The van der Waals surface area contributed by atoms with Crippen LogP contribution in [0.1, 0.15) is 43.4 Å². The van der Waals surface area contributed by atoms with E-state index < -0.39 is 83.7 Å². The zero-order valence-corrected chi connectivity index (χ0v) is 10.6. The van der Waals surface area contributed by atoms with Gasteiger partial charge in [0.2, 0.25) is 0 Å². The van der Waals surface area contributed by atoms with Crippen molar-refractivity contribution in [3.05, 3.63) is 34.3 Å². The summed E-state index contributed by atoms with van der Waals surface area (Å²) in [7, 11) is 0. The summed E-state index contributed by atoms with van der Waals surface area (Å²) >= 11 is 0. The number of hydrogen-bond donors (Lipinski definition) is 1. The molecule has 1 heterocycles. The number of anilines is 1. The molecular formula is C15H15N3O3. The van der Waals surface area contributed by atoms with Crippen LogP contribution in [-0.4, -0.2) is 21.1 Å². The number of aromatic nitrogens is 2. The first-order chi connectivity index (χ1) is 13.6. The highest BCUT2D eigenvalue weighted by Crippen LogP contribution is 2.24. The number of hydrogen-bond acceptors (Lipinski definition) is 5. The lowest BCUT2D eigenvalue weighted by Gasteiger charge is -2.24. The molecule has 2 aromatic rings. The van der Waals surface area contributed by atoms with Crippen LogP contribution in [0.2, 0.25) is 0 Å². The number of nitrogens with two attached hydrogens (primary N) is 1. The number of nitrogen functional groups attached to an aromatic ring is 1. The van der Waals surface area contributed by atoms with Gasteiger partial charge >= 0.3 is 0 Å². The Kier molecular flexibility index (Phi) is 1.49. The van der Waals surface area contributed by atoms with E-state index in [0.717, 1.165) is 6.07 Å². The summed E-state index contributed by atoms with van der Waals surface area (Å²) in [5.74, 6) is -3.72. The average molecular weight is 294 g/mol. The minimum absolute atomic E-state index is 0.00606. The van der Waals surface area contributed by atoms with E-state index in [2.05, 4.69) is 4.98 Å². The molecule has 6 heteroatoms. The molecule has 1 aliphatic rings. The lowest BCUT2D eigenvalue weighted by molar-refractivity contribution is -0.132. The Balaban J connectivity index is 2.59. The second-order valence-corrected chi connectivity index (χ2v) is 4.35. The number of aryl methyl sites for hydroxylation is 1. The number of fused-ring (bicyclic) bond motifs is 1. The summed E-state index contributed by atoms with van der Waals surface area (Å²) in [6, 6.07) is -3.37. The predicted octanol–water partition coefficient (Wildman–Crippen LogP) is 1.15. The largest absolute Gasteiger partial charge is 0.398 e. The third-order valence-corrected chi connectivity index (χ3v) is 2.98. The maximum Gasteiger partial charge on any atom is 0.264 e. The number of rotatable bonds is 1. The van der Waals surface area contributed by atoms with Gasteiger partial charge in [0.25, 0.3) is 5.56 Å². The van der Waals surface area contributed by atoms with Gasteiger partial charge in [0.05, 0.1) is 27.5 Å². The standard InChI is InChI=1S/C15H15N3O3/c1-8-17-11-4-2-3-10(16)14(11)15(21)18(8)12-6-5-9(19)7-13(12)20/h2-4,12H,5-7,16H2,1H3/i1D3,3D,4D,5D,6D2,12D. The van der Waals surface area contributed by atoms with Gasteiger partial charge in [-0.25, -0.2) is 4.98 Å². The van der Waals surface area contributed by atoms with Crippen molar-refractivity contribution in [1.29, 1.82) is 0 Å². The van der Waals surface area contributed by atoms with Crippen molar-refractivity contribution in [2.24, 2.45) is 0 Å². The van der Waals surface area contributed by atoms with Crippen molar-refractivity contribution >= 4 is 28.2 Å². The Bertz CT molecular complexity index is 1170. The Morgan fingerprint density at radius 1 is 1.52 bits per heavy atom. The van der Waals surface area contributed by atoms with Crippen LogP contribution in [0.5, 0.6) is 0 Å². The van der Waals surface area contributed by atoms with E-state index in [1.54, 1.807) is 0 Å². The van der Waals surface area contributed by atoms with Crippen molar-refractivity contribution in [3.8, 4) is 0 Å². The van der Waals surface area contributed by atoms with Crippen molar-refractivity contribution in [1.82, 2.24) is 9.55 Å². The van der Waals surface area contributed by atoms with Crippen LogP contribution in [0.3, 0.4) is 0 Å². The number of nitrogens with zero attached hydrogens (tertiary/aromatic N) is 2. The fourth-order valence-corrected chi connectivity index (χ4v) is 2.04. The normalized spacial score (nSPS) is 35.4. The number of ketones is 2. The molecule has 0 saturated heterocycles. The Hall–Kier alpha value is -2.50. The number of carbonyl (C=O) groups is 2. The van der Waals surface area contributed by atoms with Crippen molar-refractivity contribution < 1.29 is 21.9 Å². The third kappa shape index (κ3) is 2.12. The lowest BCUT2D eigenvalue weighted by atomic mass is 9.92. The molecule has 0 spiro atoms. The molecule has 0 radical (unpaired) electrons. The molecule has 0 aliphatic heterocycles. The molecule has 1 fully saturated rings. The monoisotopic (exact) mass is 294 g/mol. The fraction of sp³-hybridized carbons (Fsp3) is 0.333. The van der Waals surface area contributed by atoms with E-state index >= 15 is 0 Å². The van der Waals surface area contributed by atoms with E-state index in [-0.39, 0.29) is 4.57 Å². The fourth-order valence-electron chi connectivity index (χ4n) is 2.04. The third-order valence-electron chi connectivity index (χ3n) is 2.98. The molecule has 2 N–H and O–H groups in total. The molecule has 3 rings (SSSR count). The van der Waals surface area contributed by atoms with Crippen LogP contribution in [0.15, 0.2) is 22.9 Å². The minimum Gasteiger partial charge on any atom is -0.398 e. The molecule has 2 atom stereocenters. The molecular weight excluding hydrogens is 270 g/mol. The SMILES string of the molecule is [2H]c1cc([2H])c2nc(C([2H])([2H])[2H])n(C3([2H])C(=O)CC(=O)C([2H])C3([2H])[2H])c(=O)c2c1N. The van der Waals surface area contributed by atoms with Gasteiger partial charge in [0.15, 0.2) is 5.78 Å². The molecule has 1 aliphatic carbocycles. The first kappa shape index (κ1) is 6.51. The second kappa shape index (κ2) is 4.80. The van der Waals surface area contributed by atoms with E-state index in [1.165, 1.54) is 0 Å². The van der Waals surface area contributed by atoms with E-state index in [9.17, 15) is 14.4 Å².